The summed E-state index contributed by atoms with van der Waals surface area (Å²) >= 11 is 5.79. The molecule has 0 bridgehead atoms. The summed E-state index contributed by atoms with van der Waals surface area (Å²) in [5, 5.41) is 22.2. The Bertz CT molecular complexity index is 550. The molecule has 0 atom stereocenters. The van der Waals surface area contributed by atoms with Crippen LogP contribution in [-0.4, -0.2) is 0 Å². The second-order valence-corrected chi connectivity index (χ2v) is 10.4. The number of hydrogen-bond acceptors (Lipinski definition) is 2. The van der Waals surface area contributed by atoms with Crippen LogP contribution in [0.5, 0.6) is 11.5 Å². The number of hydrogen-bond donors (Lipinski definition) is 0. The molecule has 2 aromatic rings. The fourth-order valence-corrected chi connectivity index (χ4v) is 3.17. The van der Waals surface area contributed by atoms with E-state index in [4.69, 9.17) is 17.0 Å². The molecule has 2 rings (SSSR count). The van der Waals surface area contributed by atoms with Gasteiger partial charge in [-0.1, -0.05) is 54.1 Å². The molecule has 7 heteroatoms. The maximum atomic E-state index is 11.1. The van der Waals surface area contributed by atoms with Crippen LogP contribution in [0, 0.1) is 27.7 Å². The Hall–Kier alpha value is 0.463. The van der Waals surface area contributed by atoms with Gasteiger partial charge in [-0.05, 0) is 52.0 Å². The van der Waals surface area contributed by atoms with Gasteiger partial charge in [-0.2, -0.15) is 0 Å². The van der Waals surface area contributed by atoms with Gasteiger partial charge in [0, 0.05) is 8.95 Å². The zero-order chi connectivity index (χ0) is 18.2. The van der Waals surface area contributed by atoms with Crippen molar-refractivity contribution >= 4 is 48.9 Å². The molecule has 2 aromatic carbocycles. The Morgan fingerprint density at radius 1 is 0.696 bits per heavy atom. The summed E-state index contributed by atoms with van der Waals surface area (Å²) in [4.78, 5) is 0. The Kier molecular flexibility index (Phi) is 12.2. The molecule has 0 unspecified atom stereocenters. The molecule has 23 heavy (non-hydrogen) atoms. The van der Waals surface area contributed by atoms with E-state index in [1.54, 1.807) is 0 Å². The summed E-state index contributed by atoms with van der Waals surface area (Å²) in [6.07, 6.45) is 0. The molecular formula is C16H16Br2Cl2O2Zr. The third-order valence-electron chi connectivity index (χ3n) is 2.85. The van der Waals surface area contributed by atoms with Crippen LogP contribution in [0.1, 0.15) is 22.3 Å². The molecule has 124 valence electrons. The monoisotopic (exact) mass is 558 g/mol. The summed E-state index contributed by atoms with van der Waals surface area (Å²) in [7, 11) is 9.87. The molecule has 0 aliphatic heterocycles. The van der Waals surface area contributed by atoms with Crippen LogP contribution >= 0.6 is 48.9 Å². The van der Waals surface area contributed by atoms with Gasteiger partial charge in [0.05, 0.1) is 0 Å². The molecule has 0 N–H and O–H groups in total. The van der Waals surface area contributed by atoms with E-state index in [2.05, 4.69) is 31.9 Å². The van der Waals surface area contributed by atoms with E-state index in [0.29, 0.717) is 0 Å². The predicted molar refractivity (Wildman–Crippen MR) is 97.8 cm³/mol. The van der Waals surface area contributed by atoms with Gasteiger partial charge in [0.25, 0.3) is 0 Å². The van der Waals surface area contributed by atoms with Gasteiger partial charge in [0.15, 0.2) is 0 Å². The van der Waals surface area contributed by atoms with Crippen LogP contribution in [-0.2, 0) is 20.8 Å². The molecule has 2 nitrogen and oxygen atoms in total. The Labute approximate surface area is 173 Å². The third-order valence-corrected chi connectivity index (χ3v) is 3.77. The first-order valence-corrected chi connectivity index (χ1v) is 14.4. The molecule has 0 spiro atoms. The minimum absolute atomic E-state index is 0.142. The van der Waals surface area contributed by atoms with Crippen LogP contribution in [0.2, 0.25) is 0 Å². The SMILES string of the molecule is Cc1cc(Br)cc(C)c1[O-].Cc1cc(Br)cc(C)c1[O-].[Cl][Zr+2][Cl]. The zero-order valence-corrected chi connectivity index (χ0v) is 20.3. The Morgan fingerprint density at radius 3 is 1.04 bits per heavy atom. The molecule has 0 fully saturated rings. The molecule has 0 aromatic heterocycles. The van der Waals surface area contributed by atoms with Crippen LogP contribution in [0.4, 0.5) is 0 Å². The van der Waals surface area contributed by atoms with Crippen LogP contribution in [0.15, 0.2) is 33.2 Å². The average Bonchev–Trinajstić information content (AvgIpc) is 2.43. The summed E-state index contributed by atoms with van der Waals surface area (Å²) in [6, 6.07) is 7.31. The molecule has 0 aliphatic rings. The van der Waals surface area contributed by atoms with Gasteiger partial charge in [-0.15, -0.1) is 11.5 Å². The fourth-order valence-electron chi connectivity index (χ4n) is 1.79. The first kappa shape index (κ1) is 23.5. The van der Waals surface area contributed by atoms with Crippen molar-refractivity contribution in [2.75, 3.05) is 0 Å². The van der Waals surface area contributed by atoms with E-state index in [9.17, 15) is 10.2 Å². The molecule has 0 radical (unpaired) electrons. The summed E-state index contributed by atoms with van der Waals surface area (Å²) in [5.74, 6) is 0.284. The van der Waals surface area contributed by atoms with Crippen molar-refractivity contribution in [2.24, 2.45) is 0 Å². The van der Waals surface area contributed by atoms with Crippen LogP contribution in [0.3, 0.4) is 0 Å². The van der Waals surface area contributed by atoms with Gasteiger partial charge in [0.1, 0.15) is 0 Å². The van der Waals surface area contributed by atoms with E-state index in [0.717, 1.165) is 31.2 Å². The van der Waals surface area contributed by atoms with Crippen molar-refractivity contribution in [1.82, 2.24) is 0 Å². The molecule has 0 saturated carbocycles. The van der Waals surface area contributed by atoms with Crippen molar-refractivity contribution in [3.05, 3.63) is 55.5 Å². The average molecular weight is 562 g/mol. The van der Waals surface area contributed by atoms with Gasteiger partial charge < -0.3 is 10.2 Å². The number of aryl methyl sites for hydroxylation is 4. The number of rotatable bonds is 0. The maximum absolute atomic E-state index is 11.1. The first-order chi connectivity index (χ1) is 10.6. The summed E-state index contributed by atoms with van der Waals surface area (Å²) in [6.45, 7) is 7.28. The number of benzene rings is 2. The quantitative estimate of drug-likeness (QED) is 0.417. The van der Waals surface area contributed by atoms with Crippen molar-refractivity contribution in [1.29, 1.82) is 0 Å². The van der Waals surface area contributed by atoms with Crippen molar-refractivity contribution in [2.45, 2.75) is 27.7 Å². The third kappa shape index (κ3) is 8.93. The molecule has 0 aliphatic carbocycles. The van der Waals surface area contributed by atoms with Crippen molar-refractivity contribution < 1.29 is 31.1 Å². The van der Waals surface area contributed by atoms with Gasteiger partial charge in [-0.3, -0.25) is 0 Å². The van der Waals surface area contributed by atoms with Crippen molar-refractivity contribution in [3.63, 3.8) is 0 Å². The normalized spacial score (nSPS) is 9.04. The molecule has 0 heterocycles. The van der Waals surface area contributed by atoms with E-state index in [-0.39, 0.29) is 11.5 Å². The summed E-state index contributed by atoms with van der Waals surface area (Å²) in [5.41, 5.74) is 3.19. The standard InChI is InChI=1S/2C8H9BrO.2ClH.Zr/c2*1-5-3-7(9)4-6(2)8(5)10;;;/h2*3-4,10H,1-2H3;2*1H;/q;;;;+4/p-4. The number of halogens is 4. The Balaban J connectivity index is 0.000000360. The van der Waals surface area contributed by atoms with E-state index in [1.165, 1.54) is 0 Å². The first-order valence-electron chi connectivity index (χ1n) is 6.47. The van der Waals surface area contributed by atoms with Gasteiger partial charge in [0.2, 0.25) is 0 Å². The van der Waals surface area contributed by atoms with E-state index in [1.807, 2.05) is 52.0 Å². The van der Waals surface area contributed by atoms with Gasteiger partial charge in [-0.25, -0.2) is 0 Å². The predicted octanol–water partition coefficient (Wildman–Crippen LogP) is 5.66. The van der Waals surface area contributed by atoms with E-state index >= 15 is 0 Å². The summed E-state index contributed by atoms with van der Waals surface area (Å²) < 4.78 is 1.95. The molecular weight excluding hydrogens is 546 g/mol. The molecule has 0 saturated heterocycles. The van der Waals surface area contributed by atoms with Crippen molar-refractivity contribution in [3.8, 4) is 11.5 Å². The van der Waals surface area contributed by atoms with Crippen LogP contribution < -0.4 is 10.2 Å². The molecule has 0 amide bonds. The van der Waals surface area contributed by atoms with Gasteiger partial charge >= 0.3 is 37.9 Å². The van der Waals surface area contributed by atoms with E-state index < -0.39 is 20.8 Å². The minimum atomic E-state index is -0.826. The Morgan fingerprint density at radius 2 is 0.870 bits per heavy atom. The second kappa shape index (κ2) is 11.9. The zero-order valence-electron chi connectivity index (χ0n) is 13.1. The van der Waals surface area contributed by atoms with Crippen LogP contribution in [0.25, 0.3) is 0 Å². The topological polar surface area (TPSA) is 46.1 Å². The fraction of sp³-hybridized carbons (Fsp3) is 0.250. The second-order valence-electron chi connectivity index (χ2n) is 4.81.